The second-order valence-corrected chi connectivity index (χ2v) is 7.03. The van der Waals surface area contributed by atoms with E-state index in [4.69, 9.17) is 0 Å². The first-order valence-electron chi connectivity index (χ1n) is 7.19. The van der Waals surface area contributed by atoms with Gasteiger partial charge in [0, 0.05) is 12.0 Å². The van der Waals surface area contributed by atoms with Gasteiger partial charge in [0.1, 0.15) is 6.04 Å². The summed E-state index contributed by atoms with van der Waals surface area (Å²) in [4.78, 5) is 23.4. The summed E-state index contributed by atoms with van der Waals surface area (Å²) in [6, 6.07) is 12.6. The van der Waals surface area contributed by atoms with Crippen LogP contribution in [0.5, 0.6) is 0 Å². The predicted octanol–water partition coefficient (Wildman–Crippen LogP) is 2.00. The van der Waals surface area contributed by atoms with Crippen molar-refractivity contribution in [1.82, 2.24) is 4.72 Å². The molecule has 0 aliphatic heterocycles. The molecule has 24 heavy (non-hydrogen) atoms. The molecule has 0 unspecified atom stereocenters. The lowest BCUT2D eigenvalue weighted by Crippen LogP contribution is -2.42. The summed E-state index contributed by atoms with van der Waals surface area (Å²) in [5.74, 6) is -1.86. The van der Waals surface area contributed by atoms with Gasteiger partial charge in [0.25, 0.3) is 0 Å². The third-order valence-electron chi connectivity index (χ3n) is 3.41. The zero-order valence-electron chi connectivity index (χ0n) is 13.0. The fourth-order valence-electron chi connectivity index (χ4n) is 2.08. The summed E-state index contributed by atoms with van der Waals surface area (Å²) in [6.07, 6.45) is -0.468. The largest absolute Gasteiger partial charge is 0.480 e. The van der Waals surface area contributed by atoms with E-state index >= 15 is 0 Å². The number of rotatable bonds is 7. The van der Waals surface area contributed by atoms with Gasteiger partial charge in [-0.15, -0.1) is 0 Å². The van der Waals surface area contributed by atoms with E-state index in [9.17, 15) is 23.1 Å². The van der Waals surface area contributed by atoms with Crippen LogP contribution < -0.4 is 4.72 Å². The smallest absolute Gasteiger partial charge is 0.322 e. The minimum Gasteiger partial charge on any atom is -0.480 e. The molecule has 0 aliphatic rings. The standard InChI is InChI=1S/C17H17NO5S/c1-12-7-9-14(10-8-12)24(22,23)18-15(17(20)21)11-16(19)13-5-3-2-4-6-13/h2-10,15,18H,11H2,1H3,(H,20,21)/t15-/m0/s1. The first kappa shape index (κ1) is 17.8. The number of carboxylic acid groups (broad SMARTS) is 1. The van der Waals surface area contributed by atoms with Gasteiger partial charge in [-0.2, -0.15) is 4.72 Å². The number of hydrogen-bond acceptors (Lipinski definition) is 4. The molecule has 0 heterocycles. The van der Waals surface area contributed by atoms with Crippen molar-refractivity contribution < 1.29 is 23.1 Å². The van der Waals surface area contributed by atoms with Crippen molar-refractivity contribution in [2.75, 3.05) is 0 Å². The fourth-order valence-corrected chi connectivity index (χ4v) is 3.27. The lowest BCUT2D eigenvalue weighted by molar-refractivity contribution is -0.138. The summed E-state index contributed by atoms with van der Waals surface area (Å²) in [5.41, 5.74) is 1.21. The number of carbonyl (C=O) groups excluding carboxylic acids is 1. The van der Waals surface area contributed by atoms with Gasteiger partial charge in [-0.25, -0.2) is 8.42 Å². The summed E-state index contributed by atoms with van der Waals surface area (Å²) >= 11 is 0. The number of Topliss-reactive ketones (excluding diaryl/α,β-unsaturated/α-hetero) is 1. The van der Waals surface area contributed by atoms with E-state index in [0.717, 1.165) is 5.56 Å². The van der Waals surface area contributed by atoms with Crippen LogP contribution in [0.2, 0.25) is 0 Å². The van der Waals surface area contributed by atoms with E-state index in [1.54, 1.807) is 42.5 Å². The van der Waals surface area contributed by atoms with Crippen molar-refractivity contribution in [3.8, 4) is 0 Å². The molecule has 2 N–H and O–H groups in total. The topological polar surface area (TPSA) is 101 Å². The maximum Gasteiger partial charge on any atom is 0.322 e. The first-order valence-corrected chi connectivity index (χ1v) is 8.68. The highest BCUT2D eigenvalue weighted by atomic mass is 32.2. The molecule has 0 amide bonds. The van der Waals surface area contributed by atoms with Crippen molar-refractivity contribution in [2.45, 2.75) is 24.3 Å². The Morgan fingerprint density at radius 3 is 2.17 bits per heavy atom. The fraction of sp³-hybridized carbons (Fsp3) is 0.176. The molecule has 0 radical (unpaired) electrons. The van der Waals surface area contributed by atoms with Gasteiger partial charge in [-0.1, -0.05) is 48.0 Å². The molecule has 2 rings (SSSR count). The summed E-state index contributed by atoms with van der Waals surface area (Å²) < 4.78 is 26.7. The Bertz CT molecular complexity index is 829. The summed E-state index contributed by atoms with van der Waals surface area (Å²) in [5, 5.41) is 9.24. The molecular formula is C17H17NO5S. The van der Waals surface area contributed by atoms with Crippen LogP contribution in [-0.2, 0) is 14.8 Å². The summed E-state index contributed by atoms with van der Waals surface area (Å²) in [6.45, 7) is 1.81. The van der Waals surface area contributed by atoms with E-state index in [0.29, 0.717) is 5.56 Å². The Morgan fingerprint density at radius 2 is 1.62 bits per heavy atom. The number of aliphatic carboxylic acids is 1. The minimum atomic E-state index is -4.03. The Labute approximate surface area is 140 Å². The summed E-state index contributed by atoms with van der Waals surface area (Å²) in [7, 11) is -4.03. The Morgan fingerprint density at radius 1 is 1.04 bits per heavy atom. The average Bonchev–Trinajstić information content (AvgIpc) is 2.55. The molecule has 7 heteroatoms. The normalized spacial score (nSPS) is 12.5. The SMILES string of the molecule is Cc1ccc(S(=O)(=O)N[C@@H](CC(=O)c2ccccc2)C(=O)O)cc1. The number of benzene rings is 2. The molecule has 126 valence electrons. The van der Waals surface area contributed by atoms with Crippen LogP contribution in [0.3, 0.4) is 0 Å². The molecule has 2 aromatic carbocycles. The molecule has 6 nitrogen and oxygen atoms in total. The van der Waals surface area contributed by atoms with E-state index in [2.05, 4.69) is 4.72 Å². The number of carbonyl (C=O) groups is 2. The zero-order chi connectivity index (χ0) is 17.7. The van der Waals surface area contributed by atoms with Gasteiger partial charge in [0.2, 0.25) is 10.0 Å². The highest BCUT2D eigenvalue weighted by Crippen LogP contribution is 2.13. The second kappa shape index (κ2) is 7.37. The highest BCUT2D eigenvalue weighted by Gasteiger charge is 2.27. The van der Waals surface area contributed by atoms with Crippen molar-refractivity contribution in [3.05, 3.63) is 65.7 Å². The highest BCUT2D eigenvalue weighted by molar-refractivity contribution is 7.89. The number of aryl methyl sites for hydroxylation is 1. The molecule has 0 saturated heterocycles. The molecule has 2 aromatic rings. The van der Waals surface area contributed by atoms with E-state index in [1.807, 2.05) is 6.92 Å². The van der Waals surface area contributed by atoms with Crippen molar-refractivity contribution >= 4 is 21.8 Å². The maximum atomic E-state index is 12.3. The number of nitrogens with one attached hydrogen (secondary N) is 1. The van der Waals surface area contributed by atoms with Gasteiger partial charge in [-0.05, 0) is 19.1 Å². The van der Waals surface area contributed by atoms with Crippen LogP contribution in [0.15, 0.2) is 59.5 Å². The lowest BCUT2D eigenvalue weighted by atomic mass is 10.0. The van der Waals surface area contributed by atoms with Crippen molar-refractivity contribution in [1.29, 1.82) is 0 Å². The van der Waals surface area contributed by atoms with E-state index < -0.39 is 34.2 Å². The minimum absolute atomic E-state index is 0.0495. The molecule has 1 atom stereocenters. The Kier molecular flexibility index (Phi) is 5.48. The molecule has 0 saturated carbocycles. The van der Waals surface area contributed by atoms with Crippen LogP contribution in [-0.4, -0.2) is 31.3 Å². The van der Waals surface area contributed by atoms with Crippen molar-refractivity contribution in [3.63, 3.8) is 0 Å². The van der Waals surface area contributed by atoms with Crippen LogP contribution in [0.25, 0.3) is 0 Å². The van der Waals surface area contributed by atoms with Gasteiger partial charge < -0.3 is 5.11 Å². The molecule has 0 spiro atoms. The third-order valence-corrected chi connectivity index (χ3v) is 4.90. The Hall–Kier alpha value is -2.51. The molecular weight excluding hydrogens is 330 g/mol. The maximum absolute atomic E-state index is 12.3. The molecule has 0 fully saturated rings. The van der Waals surface area contributed by atoms with Crippen LogP contribution >= 0.6 is 0 Å². The van der Waals surface area contributed by atoms with Crippen LogP contribution in [0.4, 0.5) is 0 Å². The first-order chi connectivity index (χ1) is 11.3. The monoisotopic (exact) mass is 347 g/mol. The van der Waals surface area contributed by atoms with Crippen molar-refractivity contribution in [2.24, 2.45) is 0 Å². The molecule has 0 aliphatic carbocycles. The number of hydrogen-bond donors (Lipinski definition) is 2. The van der Waals surface area contributed by atoms with Crippen LogP contribution in [0.1, 0.15) is 22.3 Å². The number of sulfonamides is 1. The van der Waals surface area contributed by atoms with Gasteiger partial charge >= 0.3 is 5.97 Å². The van der Waals surface area contributed by atoms with Gasteiger partial charge in [-0.3, -0.25) is 9.59 Å². The van der Waals surface area contributed by atoms with Crippen LogP contribution in [0, 0.1) is 6.92 Å². The zero-order valence-corrected chi connectivity index (χ0v) is 13.8. The lowest BCUT2D eigenvalue weighted by Gasteiger charge is -2.14. The third kappa shape index (κ3) is 4.50. The average molecular weight is 347 g/mol. The Balaban J connectivity index is 2.18. The van der Waals surface area contributed by atoms with E-state index in [1.165, 1.54) is 12.1 Å². The predicted molar refractivity (Wildman–Crippen MR) is 88.3 cm³/mol. The number of ketones is 1. The molecule has 0 aromatic heterocycles. The van der Waals surface area contributed by atoms with E-state index in [-0.39, 0.29) is 4.90 Å². The molecule has 0 bridgehead atoms. The number of carboxylic acids is 1. The van der Waals surface area contributed by atoms with Gasteiger partial charge in [0.05, 0.1) is 4.90 Å². The second-order valence-electron chi connectivity index (χ2n) is 5.32. The quantitative estimate of drug-likeness (QED) is 0.746. The van der Waals surface area contributed by atoms with Gasteiger partial charge in [0.15, 0.2) is 5.78 Å².